The number of carboxylic acids is 1. The van der Waals surface area contributed by atoms with Crippen LogP contribution < -0.4 is 10.2 Å². The van der Waals surface area contributed by atoms with Crippen LogP contribution in [-0.4, -0.2) is 36.2 Å². The van der Waals surface area contributed by atoms with Crippen LogP contribution in [0.2, 0.25) is 0 Å². The Morgan fingerprint density at radius 3 is 2.20 bits per heavy atom. The van der Waals surface area contributed by atoms with Crippen LogP contribution in [0.1, 0.15) is 37.7 Å². The van der Waals surface area contributed by atoms with Gasteiger partial charge in [0.1, 0.15) is 0 Å². The summed E-state index contributed by atoms with van der Waals surface area (Å²) in [4.78, 5) is 23.9. The van der Waals surface area contributed by atoms with Gasteiger partial charge in [0, 0.05) is 24.5 Å². The van der Waals surface area contributed by atoms with E-state index in [-0.39, 0.29) is 11.8 Å². The molecular weight excluding hydrogens is 397 g/mol. The maximum Gasteiger partial charge on any atom is 0.490 e. The van der Waals surface area contributed by atoms with Gasteiger partial charge in [0.25, 0.3) is 0 Å². The van der Waals surface area contributed by atoms with Crippen LogP contribution in [0.4, 0.5) is 24.5 Å². The average molecular weight is 422 g/mol. The van der Waals surface area contributed by atoms with Gasteiger partial charge in [-0.3, -0.25) is 4.79 Å². The summed E-state index contributed by atoms with van der Waals surface area (Å²) in [5.41, 5.74) is 3.16. The van der Waals surface area contributed by atoms with E-state index in [0.29, 0.717) is 0 Å². The van der Waals surface area contributed by atoms with E-state index >= 15 is 0 Å². The maximum atomic E-state index is 12.7. The summed E-state index contributed by atoms with van der Waals surface area (Å²) in [5, 5.41) is 10.2. The van der Waals surface area contributed by atoms with E-state index < -0.39 is 12.1 Å². The van der Waals surface area contributed by atoms with E-state index in [0.717, 1.165) is 30.8 Å². The van der Waals surface area contributed by atoms with Crippen LogP contribution in [0.3, 0.4) is 0 Å². The highest BCUT2D eigenvalue weighted by Gasteiger charge is 2.38. The number of benzene rings is 2. The second kappa shape index (κ2) is 10.7. The van der Waals surface area contributed by atoms with Crippen molar-refractivity contribution in [3.05, 3.63) is 60.2 Å². The van der Waals surface area contributed by atoms with Crippen LogP contribution in [0, 0.1) is 0 Å². The van der Waals surface area contributed by atoms with Gasteiger partial charge >= 0.3 is 12.1 Å². The molecular formula is C22H25F3N2O3. The maximum absolute atomic E-state index is 12.7. The zero-order chi connectivity index (χ0) is 22.1. The van der Waals surface area contributed by atoms with Gasteiger partial charge in [-0.05, 0) is 43.0 Å². The highest BCUT2D eigenvalue weighted by atomic mass is 19.4. The lowest BCUT2D eigenvalue weighted by molar-refractivity contribution is -0.192. The Balaban J connectivity index is 0.000000396. The summed E-state index contributed by atoms with van der Waals surface area (Å²) in [6, 6.07) is 18.2. The van der Waals surface area contributed by atoms with Crippen molar-refractivity contribution in [1.29, 1.82) is 0 Å². The van der Waals surface area contributed by atoms with Crippen molar-refractivity contribution in [1.82, 2.24) is 0 Å². The van der Waals surface area contributed by atoms with E-state index in [1.54, 1.807) is 0 Å². The number of halogens is 3. The molecule has 0 aliphatic carbocycles. The molecule has 0 radical (unpaired) electrons. The number of nitrogens with one attached hydrogen (secondary N) is 1. The Morgan fingerprint density at radius 1 is 1.07 bits per heavy atom. The first-order valence-electron chi connectivity index (χ1n) is 9.73. The molecule has 2 aromatic carbocycles. The Hall–Kier alpha value is -3.03. The summed E-state index contributed by atoms with van der Waals surface area (Å²) in [7, 11) is 0. The van der Waals surface area contributed by atoms with Gasteiger partial charge in [0.05, 0.1) is 5.92 Å². The van der Waals surface area contributed by atoms with Crippen LogP contribution in [-0.2, 0) is 9.59 Å². The number of alkyl halides is 3. The summed E-state index contributed by atoms with van der Waals surface area (Å²) in [5.74, 6) is -2.79. The molecule has 1 aliphatic heterocycles. The van der Waals surface area contributed by atoms with Crippen molar-refractivity contribution in [3.8, 4) is 0 Å². The fraction of sp³-hybridized carbons (Fsp3) is 0.364. The Bertz CT molecular complexity index is 835. The molecule has 0 saturated carbocycles. The van der Waals surface area contributed by atoms with Crippen LogP contribution >= 0.6 is 0 Å². The van der Waals surface area contributed by atoms with Crippen molar-refractivity contribution in [2.75, 3.05) is 23.3 Å². The number of nitrogens with zero attached hydrogens (tertiary/aromatic N) is 1. The standard InChI is InChI=1S/C20H24N2O.C2HF3O2/c1-2-19(16-9-4-3-5-10-16)20(23)21-17-11-8-12-18(15-17)22-13-6-7-14-22;3-2(4,5)1(6)7/h3-5,8-12,15,19H,2,6-7,13-14H2,1H3,(H,21,23);(H,6,7). The van der Waals surface area contributed by atoms with Crippen LogP contribution in [0.15, 0.2) is 54.6 Å². The molecule has 30 heavy (non-hydrogen) atoms. The predicted molar refractivity (Wildman–Crippen MR) is 110 cm³/mol. The van der Waals surface area contributed by atoms with E-state index in [4.69, 9.17) is 9.90 Å². The molecule has 1 amide bonds. The number of carboxylic acid groups (broad SMARTS) is 1. The lowest BCUT2D eigenvalue weighted by Gasteiger charge is -2.19. The molecule has 1 atom stereocenters. The Labute approximate surface area is 173 Å². The van der Waals surface area contributed by atoms with Gasteiger partial charge in [0.2, 0.25) is 5.91 Å². The van der Waals surface area contributed by atoms with E-state index in [1.807, 2.05) is 42.5 Å². The fourth-order valence-electron chi connectivity index (χ4n) is 3.24. The van der Waals surface area contributed by atoms with Crippen LogP contribution in [0.25, 0.3) is 0 Å². The van der Waals surface area contributed by atoms with Gasteiger partial charge in [-0.2, -0.15) is 13.2 Å². The van der Waals surface area contributed by atoms with Gasteiger partial charge in [-0.1, -0.05) is 43.3 Å². The molecule has 1 saturated heterocycles. The third-order valence-electron chi connectivity index (χ3n) is 4.75. The first-order valence-corrected chi connectivity index (χ1v) is 9.73. The lowest BCUT2D eigenvalue weighted by atomic mass is 9.95. The quantitative estimate of drug-likeness (QED) is 0.707. The normalized spacial score (nSPS) is 14.5. The Kier molecular flexibility index (Phi) is 8.26. The van der Waals surface area contributed by atoms with Crippen LogP contribution in [0.5, 0.6) is 0 Å². The predicted octanol–water partition coefficient (Wildman–Crippen LogP) is 5.05. The molecule has 162 valence electrons. The summed E-state index contributed by atoms with van der Waals surface area (Å²) < 4.78 is 31.7. The van der Waals surface area contributed by atoms with Gasteiger partial charge in [-0.15, -0.1) is 0 Å². The lowest BCUT2D eigenvalue weighted by Crippen LogP contribution is -2.21. The largest absolute Gasteiger partial charge is 0.490 e. The van der Waals surface area contributed by atoms with E-state index in [9.17, 15) is 18.0 Å². The number of carbonyl (C=O) groups excluding carboxylic acids is 1. The SMILES string of the molecule is CCC(C(=O)Nc1cccc(N2CCCC2)c1)c1ccccc1.O=C(O)C(F)(F)F. The average Bonchev–Trinajstić information content (AvgIpc) is 3.24. The minimum Gasteiger partial charge on any atom is -0.475 e. The van der Waals surface area contributed by atoms with Crippen molar-refractivity contribution in [2.24, 2.45) is 0 Å². The summed E-state index contributed by atoms with van der Waals surface area (Å²) in [6.07, 6.45) is -1.79. The minimum atomic E-state index is -5.08. The third kappa shape index (κ3) is 6.79. The molecule has 2 aromatic rings. The molecule has 1 heterocycles. The van der Waals surface area contributed by atoms with E-state index in [2.05, 4.69) is 29.3 Å². The fourth-order valence-corrected chi connectivity index (χ4v) is 3.24. The summed E-state index contributed by atoms with van der Waals surface area (Å²) in [6.45, 7) is 4.27. The number of hydrogen-bond acceptors (Lipinski definition) is 3. The number of hydrogen-bond donors (Lipinski definition) is 2. The molecule has 8 heteroatoms. The summed E-state index contributed by atoms with van der Waals surface area (Å²) >= 11 is 0. The van der Waals surface area contributed by atoms with Crippen molar-refractivity contribution >= 4 is 23.3 Å². The molecule has 0 spiro atoms. The molecule has 1 fully saturated rings. The van der Waals surface area contributed by atoms with Gasteiger partial charge < -0.3 is 15.3 Å². The third-order valence-corrected chi connectivity index (χ3v) is 4.75. The number of aliphatic carboxylic acids is 1. The molecule has 0 bridgehead atoms. The first kappa shape index (κ1) is 23.3. The monoisotopic (exact) mass is 422 g/mol. The minimum absolute atomic E-state index is 0.0669. The Morgan fingerprint density at radius 2 is 1.67 bits per heavy atom. The number of anilines is 2. The van der Waals surface area contributed by atoms with Gasteiger partial charge in [-0.25, -0.2) is 4.79 Å². The van der Waals surface area contributed by atoms with Gasteiger partial charge in [0.15, 0.2) is 0 Å². The van der Waals surface area contributed by atoms with Crippen molar-refractivity contribution in [3.63, 3.8) is 0 Å². The highest BCUT2D eigenvalue weighted by Crippen LogP contribution is 2.25. The number of rotatable bonds is 5. The molecule has 1 aliphatic rings. The topological polar surface area (TPSA) is 69.6 Å². The highest BCUT2D eigenvalue weighted by molar-refractivity contribution is 5.96. The molecule has 5 nitrogen and oxygen atoms in total. The number of amides is 1. The zero-order valence-electron chi connectivity index (χ0n) is 16.7. The first-order chi connectivity index (χ1) is 14.2. The zero-order valence-corrected chi connectivity index (χ0v) is 16.7. The van der Waals surface area contributed by atoms with E-state index in [1.165, 1.54) is 18.5 Å². The number of carbonyl (C=O) groups is 2. The molecule has 1 unspecified atom stereocenters. The second-order valence-corrected chi connectivity index (χ2v) is 6.91. The van der Waals surface area contributed by atoms with Crippen molar-refractivity contribution in [2.45, 2.75) is 38.3 Å². The van der Waals surface area contributed by atoms with Crippen molar-refractivity contribution < 1.29 is 27.9 Å². The molecule has 2 N–H and O–H groups in total. The molecule has 0 aromatic heterocycles. The smallest absolute Gasteiger partial charge is 0.475 e. The second-order valence-electron chi connectivity index (χ2n) is 6.91. The molecule has 3 rings (SSSR count).